The van der Waals surface area contributed by atoms with Gasteiger partial charge in [0.25, 0.3) is 5.91 Å². The van der Waals surface area contributed by atoms with Crippen molar-refractivity contribution in [2.45, 2.75) is 44.8 Å². The van der Waals surface area contributed by atoms with Crippen LogP contribution >= 0.6 is 0 Å². The number of rotatable bonds is 11. The smallest absolute Gasteiger partial charge is 0.406 e. The molecule has 0 spiro atoms. The van der Waals surface area contributed by atoms with Crippen molar-refractivity contribution in [2.75, 3.05) is 33.8 Å². The highest BCUT2D eigenvalue weighted by Crippen LogP contribution is 2.44. The van der Waals surface area contributed by atoms with Crippen molar-refractivity contribution in [1.82, 2.24) is 15.5 Å². The summed E-state index contributed by atoms with van der Waals surface area (Å²) >= 11 is 0. The van der Waals surface area contributed by atoms with Crippen LogP contribution in [0.3, 0.4) is 0 Å². The van der Waals surface area contributed by atoms with Crippen molar-refractivity contribution in [1.29, 1.82) is 0 Å². The predicted octanol–water partition coefficient (Wildman–Crippen LogP) is 5.38. The number of amides is 2. The number of para-hydroxylation sites is 2. The van der Waals surface area contributed by atoms with Gasteiger partial charge in [0, 0.05) is 43.2 Å². The van der Waals surface area contributed by atoms with E-state index in [0.717, 1.165) is 36.3 Å². The lowest BCUT2D eigenvalue weighted by Crippen LogP contribution is -2.48. The van der Waals surface area contributed by atoms with Gasteiger partial charge in [0.2, 0.25) is 0 Å². The Labute approximate surface area is 242 Å². The second-order valence-corrected chi connectivity index (χ2v) is 10.6. The molecule has 218 valence electrons. The molecule has 2 amide bonds. The lowest BCUT2D eigenvalue weighted by Gasteiger charge is -2.43. The number of nitrogens with one attached hydrogen (secondary N) is 2. The summed E-state index contributed by atoms with van der Waals surface area (Å²) in [4.78, 5) is 27.0. The summed E-state index contributed by atoms with van der Waals surface area (Å²) in [7, 11) is 3.22. The molecule has 4 rings (SSSR count). The van der Waals surface area contributed by atoms with Gasteiger partial charge in [0.05, 0.1) is 12.7 Å². The summed E-state index contributed by atoms with van der Waals surface area (Å²) in [5, 5.41) is 18.4. The third kappa shape index (κ3) is 7.45. The Morgan fingerprint density at radius 3 is 2.44 bits per heavy atom. The highest BCUT2D eigenvalue weighted by molar-refractivity contribution is 5.94. The number of hydrogen-bond acceptors (Lipinski definition) is 6. The van der Waals surface area contributed by atoms with Crippen LogP contribution < -0.4 is 15.4 Å². The molecule has 0 aromatic heterocycles. The van der Waals surface area contributed by atoms with Gasteiger partial charge in [-0.3, -0.25) is 4.79 Å². The van der Waals surface area contributed by atoms with Gasteiger partial charge in [-0.05, 0) is 75.0 Å². The van der Waals surface area contributed by atoms with E-state index in [0.29, 0.717) is 49.4 Å². The number of hydrogen-bond donors (Lipinski definition) is 3. The average Bonchev–Trinajstić information content (AvgIpc) is 3.00. The molecule has 3 N–H and O–H groups in total. The molecule has 1 fully saturated rings. The van der Waals surface area contributed by atoms with Gasteiger partial charge in [-0.2, -0.15) is 0 Å². The molecule has 1 saturated heterocycles. The van der Waals surface area contributed by atoms with Gasteiger partial charge in [-0.25, -0.2) is 4.79 Å². The zero-order valence-corrected chi connectivity index (χ0v) is 24.2. The summed E-state index contributed by atoms with van der Waals surface area (Å²) in [6, 6.07) is 23.0. The molecule has 1 heterocycles. The summed E-state index contributed by atoms with van der Waals surface area (Å²) < 4.78 is 11.1. The first-order valence-electron chi connectivity index (χ1n) is 14.3. The fraction of sp³-hybridized carbons (Fsp3) is 0.394. The van der Waals surface area contributed by atoms with Gasteiger partial charge < -0.3 is 30.1 Å². The minimum absolute atomic E-state index is 0.0372. The van der Waals surface area contributed by atoms with E-state index in [-0.39, 0.29) is 11.8 Å². The summed E-state index contributed by atoms with van der Waals surface area (Å²) in [6.45, 7) is 4.12. The van der Waals surface area contributed by atoms with Crippen LogP contribution in [-0.4, -0.2) is 55.8 Å². The van der Waals surface area contributed by atoms with Crippen molar-refractivity contribution in [3.63, 3.8) is 0 Å². The molecular weight excluding hydrogens is 518 g/mol. The van der Waals surface area contributed by atoms with Gasteiger partial charge >= 0.3 is 6.09 Å². The number of carbonyl (C=O) groups is 2. The number of likely N-dealkylation sites (tertiary alicyclic amines) is 1. The van der Waals surface area contributed by atoms with Crippen molar-refractivity contribution in [2.24, 2.45) is 5.92 Å². The summed E-state index contributed by atoms with van der Waals surface area (Å²) in [5.41, 5.74) is 2.12. The molecule has 0 bridgehead atoms. The summed E-state index contributed by atoms with van der Waals surface area (Å²) in [6.07, 6.45) is 1.91. The second-order valence-electron chi connectivity index (χ2n) is 10.6. The van der Waals surface area contributed by atoms with Gasteiger partial charge in [0.1, 0.15) is 11.5 Å². The second kappa shape index (κ2) is 14.1. The van der Waals surface area contributed by atoms with Crippen molar-refractivity contribution in [3.8, 4) is 11.5 Å². The number of ether oxygens (including phenoxy) is 2. The van der Waals surface area contributed by atoms with Crippen LogP contribution in [0, 0.1) is 12.8 Å². The molecule has 3 aromatic rings. The quantitative estimate of drug-likeness (QED) is 0.273. The monoisotopic (exact) mass is 559 g/mol. The van der Waals surface area contributed by atoms with E-state index in [1.54, 1.807) is 0 Å². The molecule has 1 aliphatic heterocycles. The number of nitrogens with zero attached hydrogens (tertiary/aromatic N) is 1. The normalized spacial score (nSPS) is 16.5. The highest BCUT2D eigenvalue weighted by Gasteiger charge is 2.43. The lowest BCUT2D eigenvalue weighted by molar-refractivity contribution is -0.0578. The third-order valence-electron chi connectivity index (χ3n) is 7.82. The van der Waals surface area contributed by atoms with E-state index in [2.05, 4.69) is 10.6 Å². The number of piperidine rings is 1. The van der Waals surface area contributed by atoms with Crippen LogP contribution in [0.2, 0.25) is 0 Å². The van der Waals surface area contributed by atoms with Crippen LogP contribution in [0.15, 0.2) is 72.8 Å². The van der Waals surface area contributed by atoms with E-state index >= 15 is 0 Å². The molecule has 8 heteroatoms. The molecule has 0 radical (unpaired) electrons. The molecule has 41 heavy (non-hydrogen) atoms. The topological polar surface area (TPSA) is 100 Å². The maximum atomic E-state index is 13.5. The van der Waals surface area contributed by atoms with Crippen LogP contribution in [0.1, 0.15) is 52.7 Å². The number of alkyl carbamates (subject to hydrolysis) is 1. The van der Waals surface area contributed by atoms with Crippen molar-refractivity contribution >= 4 is 12.0 Å². The van der Waals surface area contributed by atoms with Crippen LogP contribution in [0.4, 0.5) is 4.79 Å². The Morgan fingerprint density at radius 2 is 1.73 bits per heavy atom. The van der Waals surface area contributed by atoms with Crippen LogP contribution in [0.5, 0.6) is 11.5 Å². The molecule has 8 nitrogen and oxygen atoms in total. The van der Waals surface area contributed by atoms with Gasteiger partial charge in [0.15, 0.2) is 0 Å². The van der Waals surface area contributed by atoms with Gasteiger partial charge in [-0.15, -0.1) is 0 Å². The number of methoxy groups -OCH3 is 1. The minimum atomic E-state index is -1.30. The first-order chi connectivity index (χ1) is 19.9. The molecular formula is C33H41N3O5. The van der Waals surface area contributed by atoms with E-state index in [9.17, 15) is 14.7 Å². The minimum Gasteiger partial charge on any atom is -0.457 e. The SMILES string of the molecule is CNCc1ccc(C(=O)N2CCC[C@@H](C(O)(CCCNC(=O)OC)c3ccccc3Oc3ccccc3C)C2)cc1. The number of benzene rings is 3. The fourth-order valence-electron chi connectivity index (χ4n) is 5.59. The molecule has 3 aromatic carbocycles. The molecule has 1 aliphatic rings. The van der Waals surface area contributed by atoms with E-state index < -0.39 is 11.7 Å². The first-order valence-corrected chi connectivity index (χ1v) is 14.3. The fourth-order valence-corrected chi connectivity index (χ4v) is 5.59. The van der Waals surface area contributed by atoms with Gasteiger partial charge in [-0.1, -0.05) is 48.5 Å². The van der Waals surface area contributed by atoms with Crippen molar-refractivity contribution < 1.29 is 24.2 Å². The Bertz CT molecular complexity index is 1310. The number of aliphatic hydroxyl groups is 1. The van der Waals surface area contributed by atoms with Crippen LogP contribution in [0.25, 0.3) is 0 Å². The van der Waals surface area contributed by atoms with E-state index in [1.165, 1.54) is 7.11 Å². The standard InChI is InChI=1S/C33H41N3O5/c1-24-10-4-6-13-29(24)41-30-14-7-5-12-28(30)33(39,19-9-20-35-32(38)40-3)27-11-8-21-36(23-27)31(37)26-17-15-25(16-18-26)22-34-2/h4-7,10,12-18,27,34,39H,8-9,11,19-23H2,1-3H3,(H,35,38)/t27-,33?/m1/s1. The maximum Gasteiger partial charge on any atom is 0.406 e. The lowest BCUT2D eigenvalue weighted by atomic mass is 9.74. The highest BCUT2D eigenvalue weighted by atomic mass is 16.5. The van der Waals surface area contributed by atoms with E-state index in [4.69, 9.17) is 9.47 Å². The molecule has 0 aliphatic carbocycles. The Balaban J connectivity index is 1.61. The molecule has 0 saturated carbocycles. The number of carbonyl (C=O) groups excluding carboxylic acids is 2. The largest absolute Gasteiger partial charge is 0.457 e. The summed E-state index contributed by atoms with van der Waals surface area (Å²) in [5.74, 6) is 1.03. The van der Waals surface area contributed by atoms with Crippen molar-refractivity contribution in [3.05, 3.63) is 95.1 Å². The predicted molar refractivity (Wildman–Crippen MR) is 159 cm³/mol. The van der Waals surface area contributed by atoms with E-state index in [1.807, 2.05) is 91.7 Å². The molecule has 2 atom stereocenters. The number of aryl methyl sites for hydroxylation is 1. The zero-order valence-electron chi connectivity index (χ0n) is 24.2. The first kappa shape index (κ1) is 30.1. The zero-order chi connectivity index (χ0) is 29.2. The molecule has 1 unspecified atom stereocenters. The van der Waals surface area contributed by atoms with Crippen LogP contribution in [-0.2, 0) is 16.9 Å². The third-order valence-corrected chi connectivity index (χ3v) is 7.82. The Kier molecular flexibility index (Phi) is 10.4. The Hall–Kier alpha value is -3.88. The maximum absolute atomic E-state index is 13.5. The Morgan fingerprint density at radius 1 is 1.02 bits per heavy atom. The average molecular weight is 560 g/mol.